The predicted octanol–water partition coefficient (Wildman–Crippen LogP) is 2.86. The Kier molecular flexibility index (Phi) is 4.34. The van der Waals surface area contributed by atoms with Gasteiger partial charge in [-0.15, -0.1) is 0 Å². The Labute approximate surface area is 129 Å². The molecule has 1 aromatic rings. The normalized spacial score (nSPS) is 27.4. The number of aliphatic hydroxyl groups excluding tert-OH is 1. The van der Waals surface area contributed by atoms with Gasteiger partial charge in [0.05, 0.1) is 12.3 Å². The van der Waals surface area contributed by atoms with Gasteiger partial charge < -0.3 is 14.9 Å². The molecule has 1 aromatic carbocycles. The molecule has 2 unspecified atom stereocenters. The molecule has 2 fully saturated rings. The summed E-state index contributed by atoms with van der Waals surface area (Å²) in [6.45, 7) is 3.65. The molecule has 2 aliphatic heterocycles. The summed E-state index contributed by atoms with van der Waals surface area (Å²) in [6.07, 6.45) is 3.95. The Morgan fingerprint density at radius 3 is 2.90 bits per heavy atom. The van der Waals surface area contributed by atoms with Gasteiger partial charge in [0.2, 0.25) is 0 Å². The van der Waals surface area contributed by atoms with E-state index >= 15 is 0 Å². The van der Waals surface area contributed by atoms with E-state index in [-0.39, 0.29) is 6.61 Å². The highest BCUT2D eigenvalue weighted by molar-refractivity contribution is 9.10. The van der Waals surface area contributed by atoms with Gasteiger partial charge in [-0.2, -0.15) is 0 Å². The van der Waals surface area contributed by atoms with E-state index < -0.39 is 0 Å². The first-order valence-corrected chi connectivity index (χ1v) is 8.33. The molecule has 20 heavy (non-hydrogen) atoms. The highest BCUT2D eigenvalue weighted by Gasteiger charge is 2.34. The number of halogens is 1. The molecule has 2 saturated heterocycles. The van der Waals surface area contributed by atoms with E-state index in [0.29, 0.717) is 0 Å². The van der Waals surface area contributed by atoms with Crippen LogP contribution < -0.4 is 4.90 Å². The quantitative estimate of drug-likeness (QED) is 0.898. The molecule has 0 spiro atoms. The summed E-state index contributed by atoms with van der Waals surface area (Å²) in [5, 5.41) is 9.21. The van der Waals surface area contributed by atoms with E-state index in [9.17, 15) is 5.11 Å². The maximum Gasteiger partial charge on any atom is 0.0682 e. The first-order valence-electron chi connectivity index (χ1n) is 7.53. The fraction of sp³-hybridized carbons (Fsp3) is 0.625. The molecular weight excluding hydrogens is 316 g/mol. The van der Waals surface area contributed by atoms with Gasteiger partial charge in [0.1, 0.15) is 0 Å². The minimum absolute atomic E-state index is 0.106. The van der Waals surface area contributed by atoms with E-state index in [1.807, 2.05) is 12.1 Å². The molecule has 4 heteroatoms. The molecule has 0 radical (unpaired) electrons. The summed E-state index contributed by atoms with van der Waals surface area (Å²) in [4.78, 5) is 5.06. The third-order valence-corrected chi connectivity index (χ3v) is 5.52. The van der Waals surface area contributed by atoms with Crippen molar-refractivity contribution in [3.05, 3.63) is 28.2 Å². The largest absolute Gasteiger partial charge is 0.392 e. The highest BCUT2D eigenvalue weighted by Crippen LogP contribution is 2.35. The lowest BCUT2D eigenvalue weighted by Crippen LogP contribution is -2.52. The molecule has 2 heterocycles. The lowest BCUT2D eigenvalue weighted by molar-refractivity contribution is 0.102. The topological polar surface area (TPSA) is 26.7 Å². The summed E-state index contributed by atoms with van der Waals surface area (Å²) in [6, 6.07) is 6.98. The first-order chi connectivity index (χ1) is 9.69. The van der Waals surface area contributed by atoms with Crippen molar-refractivity contribution in [1.29, 1.82) is 0 Å². The Morgan fingerprint density at radius 1 is 1.30 bits per heavy atom. The van der Waals surface area contributed by atoms with Crippen LogP contribution in [0.15, 0.2) is 22.7 Å². The monoisotopic (exact) mass is 338 g/mol. The SMILES string of the molecule is CN1CCCC2CN(c3ccc(CO)cc3Br)CCC21. The van der Waals surface area contributed by atoms with Crippen molar-refractivity contribution in [3.63, 3.8) is 0 Å². The lowest BCUT2D eigenvalue weighted by atomic mass is 9.84. The van der Waals surface area contributed by atoms with Gasteiger partial charge in [-0.1, -0.05) is 6.07 Å². The van der Waals surface area contributed by atoms with Crippen LogP contribution in [0.4, 0.5) is 5.69 Å². The predicted molar refractivity (Wildman–Crippen MR) is 86.0 cm³/mol. The van der Waals surface area contributed by atoms with Crippen LogP contribution in [0.2, 0.25) is 0 Å². The van der Waals surface area contributed by atoms with Crippen LogP contribution in [-0.2, 0) is 6.61 Å². The minimum Gasteiger partial charge on any atom is -0.392 e. The van der Waals surface area contributed by atoms with Crippen molar-refractivity contribution < 1.29 is 5.11 Å². The van der Waals surface area contributed by atoms with E-state index in [0.717, 1.165) is 35.1 Å². The Bertz CT molecular complexity index is 480. The fourth-order valence-corrected chi connectivity index (χ4v) is 4.45. The molecule has 0 bridgehead atoms. The van der Waals surface area contributed by atoms with E-state index in [1.165, 1.54) is 31.5 Å². The molecule has 0 amide bonds. The number of nitrogens with zero attached hydrogens (tertiary/aromatic N) is 2. The molecule has 0 aliphatic carbocycles. The lowest BCUT2D eigenvalue weighted by Gasteiger charge is -2.46. The second-order valence-corrected chi connectivity index (χ2v) is 6.98. The van der Waals surface area contributed by atoms with Crippen molar-refractivity contribution in [3.8, 4) is 0 Å². The minimum atomic E-state index is 0.106. The zero-order chi connectivity index (χ0) is 14.1. The van der Waals surface area contributed by atoms with Crippen LogP contribution >= 0.6 is 15.9 Å². The van der Waals surface area contributed by atoms with Gasteiger partial charge in [0.15, 0.2) is 0 Å². The van der Waals surface area contributed by atoms with Crippen LogP contribution in [0, 0.1) is 5.92 Å². The number of aliphatic hydroxyl groups is 1. The fourth-order valence-electron chi connectivity index (χ4n) is 3.78. The second-order valence-electron chi connectivity index (χ2n) is 6.13. The average Bonchev–Trinajstić information content (AvgIpc) is 2.47. The maximum absolute atomic E-state index is 9.21. The van der Waals surface area contributed by atoms with Gasteiger partial charge in [-0.05, 0) is 72.4 Å². The first kappa shape index (κ1) is 14.4. The van der Waals surface area contributed by atoms with E-state index in [4.69, 9.17) is 0 Å². The van der Waals surface area contributed by atoms with Crippen LogP contribution in [0.25, 0.3) is 0 Å². The second kappa shape index (κ2) is 6.04. The van der Waals surface area contributed by atoms with Crippen LogP contribution in [-0.4, -0.2) is 42.7 Å². The zero-order valence-corrected chi connectivity index (χ0v) is 13.6. The van der Waals surface area contributed by atoms with Crippen molar-refractivity contribution in [2.75, 3.05) is 31.6 Å². The summed E-state index contributed by atoms with van der Waals surface area (Å²) < 4.78 is 1.10. The van der Waals surface area contributed by atoms with Crippen LogP contribution in [0.1, 0.15) is 24.8 Å². The molecule has 2 aliphatic rings. The van der Waals surface area contributed by atoms with Gasteiger partial charge in [0, 0.05) is 23.6 Å². The Balaban J connectivity index is 1.76. The van der Waals surface area contributed by atoms with Crippen LogP contribution in [0.3, 0.4) is 0 Å². The molecule has 3 rings (SSSR count). The summed E-state index contributed by atoms with van der Waals surface area (Å²) in [5.41, 5.74) is 2.24. The third kappa shape index (κ3) is 2.74. The molecule has 0 saturated carbocycles. The summed E-state index contributed by atoms with van der Waals surface area (Å²) in [7, 11) is 2.28. The number of anilines is 1. The molecule has 0 aromatic heterocycles. The number of likely N-dealkylation sites (tertiary alicyclic amines) is 1. The molecular formula is C16H23BrN2O. The van der Waals surface area contributed by atoms with Crippen molar-refractivity contribution in [2.24, 2.45) is 5.92 Å². The van der Waals surface area contributed by atoms with Crippen molar-refractivity contribution in [1.82, 2.24) is 4.90 Å². The smallest absolute Gasteiger partial charge is 0.0682 e. The van der Waals surface area contributed by atoms with Crippen LogP contribution in [0.5, 0.6) is 0 Å². The van der Waals surface area contributed by atoms with Crippen molar-refractivity contribution in [2.45, 2.75) is 31.9 Å². The number of rotatable bonds is 2. The number of hydrogen-bond donors (Lipinski definition) is 1. The van der Waals surface area contributed by atoms with Gasteiger partial charge in [-0.25, -0.2) is 0 Å². The zero-order valence-electron chi connectivity index (χ0n) is 12.1. The Hall–Kier alpha value is -0.580. The average molecular weight is 339 g/mol. The maximum atomic E-state index is 9.21. The third-order valence-electron chi connectivity index (χ3n) is 4.88. The van der Waals surface area contributed by atoms with Gasteiger partial charge >= 0.3 is 0 Å². The van der Waals surface area contributed by atoms with E-state index in [2.05, 4.69) is 38.8 Å². The van der Waals surface area contributed by atoms with E-state index in [1.54, 1.807) is 0 Å². The summed E-state index contributed by atoms with van der Waals surface area (Å²) in [5.74, 6) is 0.798. The molecule has 3 nitrogen and oxygen atoms in total. The van der Waals surface area contributed by atoms with Crippen molar-refractivity contribution >= 4 is 21.6 Å². The molecule has 1 N–H and O–H groups in total. The summed E-state index contributed by atoms with van der Waals surface area (Å²) >= 11 is 3.66. The molecule has 2 atom stereocenters. The number of hydrogen-bond acceptors (Lipinski definition) is 3. The number of piperidine rings is 2. The standard InChI is InChI=1S/C16H23BrN2O/c1-18-7-2-3-13-10-19(8-6-15(13)18)16-5-4-12(11-20)9-14(16)17/h4-5,9,13,15,20H,2-3,6-8,10-11H2,1H3. The Morgan fingerprint density at radius 2 is 2.15 bits per heavy atom. The molecule has 110 valence electrons. The number of fused-ring (bicyclic) bond motifs is 1. The number of benzene rings is 1. The van der Waals surface area contributed by atoms with Gasteiger partial charge in [0.25, 0.3) is 0 Å². The highest BCUT2D eigenvalue weighted by atomic mass is 79.9. The van der Waals surface area contributed by atoms with Gasteiger partial charge in [-0.3, -0.25) is 0 Å².